The van der Waals surface area contributed by atoms with Crippen LogP contribution in [0.25, 0.3) is 0 Å². The van der Waals surface area contributed by atoms with Crippen molar-refractivity contribution < 1.29 is 8.42 Å². The Morgan fingerprint density at radius 3 is 2.94 bits per heavy atom. The molecule has 1 atom stereocenters. The Morgan fingerprint density at radius 2 is 2.35 bits per heavy atom. The molecular weight excluding hydrogens is 324 g/mol. The van der Waals surface area contributed by atoms with Crippen LogP contribution in [0, 0.1) is 0 Å². The molecule has 2 rings (SSSR count). The van der Waals surface area contributed by atoms with Gasteiger partial charge in [0.15, 0.2) is 0 Å². The molecule has 0 amide bonds. The van der Waals surface area contributed by atoms with E-state index in [-0.39, 0.29) is 6.04 Å². The van der Waals surface area contributed by atoms with Gasteiger partial charge in [-0.25, -0.2) is 8.42 Å². The summed E-state index contributed by atoms with van der Waals surface area (Å²) >= 11 is 4.55. The zero-order valence-electron chi connectivity index (χ0n) is 9.52. The lowest BCUT2D eigenvalue weighted by Crippen LogP contribution is -2.46. The fourth-order valence-corrected chi connectivity index (χ4v) is 5.95. The van der Waals surface area contributed by atoms with Crippen LogP contribution in [0.5, 0.6) is 0 Å². The zero-order valence-corrected chi connectivity index (χ0v) is 12.7. The maximum absolute atomic E-state index is 12.4. The Morgan fingerprint density at radius 1 is 1.59 bits per heavy atom. The van der Waals surface area contributed by atoms with Crippen LogP contribution in [0.15, 0.2) is 20.1 Å². The van der Waals surface area contributed by atoms with Gasteiger partial charge in [-0.1, -0.05) is 0 Å². The molecule has 0 aliphatic carbocycles. The third kappa shape index (κ3) is 2.73. The number of thiophene rings is 1. The van der Waals surface area contributed by atoms with Crippen molar-refractivity contribution in [2.24, 2.45) is 0 Å². The Kier molecular flexibility index (Phi) is 4.25. The molecule has 1 aromatic heterocycles. The first-order valence-electron chi connectivity index (χ1n) is 5.46. The second-order valence-corrected chi connectivity index (χ2v) is 7.95. The molecule has 1 aliphatic heterocycles. The van der Waals surface area contributed by atoms with E-state index in [0.717, 1.165) is 12.8 Å². The van der Waals surface area contributed by atoms with Gasteiger partial charge in [-0.05, 0) is 47.3 Å². The predicted molar refractivity (Wildman–Crippen MR) is 72.9 cm³/mol. The molecule has 2 heterocycles. The normalized spacial score (nSPS) is 22.8. The average Bonchev–Trinajstić information content (AvgIpc) is 2.76. The zero-order chi connectivity index (χ0) is 12.5. The molecule has 17 heavy (non-hydrogen) atoms. The highest BCUT2D eigenvalue weighted by atomic mass is 79.9. The first kappa shape index (κ1) is 13.5. The van der Waals surface area contributed by atoms with Gasteiger partial charge < -0.3 is 5.32 Å². The van der Waals surface area contributed by atoms with E-state index in [1.54, 1.807) is 15.8 Å². The van der Waals surface area contributed by atoms with Crippen molar-refractivity contribution in [1.29, 1.82) is 0 Å². The van der Waals surface area contributed by atoms with Gasteiger partial charge in [0, 0.05) is 23.6 Å². The molecule has 4 nitrogen and oxygen atoms in total. The third-order valence-corrected chi connectivity index (χ3v) is 7.46. The van der Waals surface area contributed by atoms with E-state index in [4.69, 9.17) is 0 Å². The fraction of sp³-hybridized carbons (Fsp3) is 0.600. The SMILES string of the molecule is CNC1CCCN(S(=O)(=O)c2sccc2Br)C1. The van der Waals surface area contributed by atoms with Gasteiger partial charge in [0.05, 0.1) is 0 Å². The van der Waals surface area contributed by atoms with Gasteiger partial charge in [-0.2, -0.15) is 4.31 Å². The van der Waals surface area contributed by atoms with E-state index in [0.29, 0.717) is 21.8 Å². The van der Waals surface area contributed by atoms with Crippen LogP contribution in [-0.4, -0.2) is 38.9 Å². The summed E-state index contributed by atoms with van der Waals surface area (Å²) in [6, 6.07) is 2.04. The molecule has 1 unspecified atom stereocenters. The number of nitrogens with one attached hydrogen (secondary N) is 1. The Hall–Kier alpha value is 0.0500. The van der Waals surface area contributed by atoms with Crippen molar-refractivity contribution in [2.75, 3.05) is 20.1 Å². The lowest BCUT2D eigenvalue weighted by atomic mass is 10.1. The maximum Gasteiger partial charge on any atom is 0.253 e. The smallest absolute Gasteiger partial charge is 0.253 e. The Balaban J connectivity index is 2.24. The molecule has 0 aromatic carbocycles. The summed E-state index contributed by atoms with van der Waals surface area (Å²) in [6.45, 7) is 1.17. The summed E-state index contributed by atoms with van der Waals surface area (Å²) in [4.78, 5) is 0. The minimum atomic E-state index is -3.33. The minimum absolute atomic E-state index is 0.261. The molecule has 0 bridgehead atoms. The van der Waals surface area contributed by atoms with E-state index in [2.05, 4.69) is 21.2 Å². The molecule has 1 aromatic rings. The quantitative estimate of drug-likeness (QED) is 0.915. The number of likely N-dealkylation sites (N-methyl/N-ethyl adjacent to an activating group) is 1. The first-order valence-corrected chi connectivity index (χ1v) is 8.57. The largest absolute Gasteiger partial charge is 0.316 e. The lowest BCUT2D eigenvalue weighted by molar-refractivity contribution is 0.293. The van der Waals surface area contributed by atoms with Crippen molar-refractivity contribution in [3.63, 3.8) is 0 Å². The van der Waals surface area contributed by atoms with Crippen LogP contribution >= 0.6 is 27.3 Å². The average molecular weight is 339 g/mol. The summed E-state index contributed by atoms with van der Waals surface area (Å²) in [6.07, 6.45) is 1.95. The summed E-state index contributed by atoms with van der Waals surface area (Å²) in [5.41, 5.74) is 0. The van der Waals surface area contributed by atoms with Crippen LogP contribution in [0.4, 0.5) is 0 Å². The molecule has 7 heteroatoms. The number of sulfonamides is 1. The van der Waals surface area contributed by atoms with Gasteiger partial charge in [-0.3, -0.25) is 0 Å². The van der Waals surface area contributed by atoms with E-state index >= 15 is 0 Å². The molecule has 1 N–H and O–H groups in total. The van der Waals surface area contributed by atoms with Gasteiger partial charge in [0.25, 0.3) is 10.0 Å². The maximum atomic E-state index is 12.4. The summed E-state index contributed by atoms with van der Waals surface area (Å²) in [5, 5.41) is 4.94. The van der Waals surface area contributed by atoms with Gasteiger partial charge in [0.2, 0.25) is 0 Å². The number of halogens is 1. The molecule has 0 spiro atoms. The van der Waals surface area contributed by atoms with Crippen molar-refractivity contribution in [1.82, 2.24) is 9.62 Å². The fourth-order valence-electron chi connectivity index (χ4n) is 1.98. The highest BCUT2D eigenvalue weighted by Gasteiger charge is 2.31. The predicted octanol–water partition coefficient (Wildman–Crippen LogP) is 1.88. The molecule has 96 valence electrons. The van der Waals surface area contributed by atoms with Gasteiger partial charge in [-0.15, -0.1) is 11.3 Å². The molecule has 1 saturated heterocycles. The van der Waals surface area contributed by atoms with Crippen molar-refractivity contribution in [3.05, 3.63) is 15.9 Å². The molecule has 0 saturated carbocycles. The first-order chi connectivity index (χ1) is 8.05. The number of piperidine rings is 1. The van der Waals surface area contributed by atoms with Crippen LogP contribution in [-0.2, 0) is 10.0 Å². The van der Waals surface area contributed by atoms with E-state index in [9.17, 15) is 8.42 Å². The van der Waals surface area contributed by atoms with E-state index in [1.807, 2.05) is 7.05 Å². The van der Waals surface area contributed by atoms with Gasteiger partial charge >= 0.3 is 0 Å². The number of rotatable bonds is 3. The van der Waals surface area contributed by atoms with Crippen molar-refractivity contribution >= 4 is 37.3 Å². The van der Waals surface area contributed by atoms with E-state index < -0.39 is 10.0 Å². The second-order valence-electron chi connectivity index (χ2n) is 4.05. The van der Waals surface area contributed by atoms with Crippen molar-refractivity contribution in [3.8, 4) is 0 Å². The lowest BCUT2D eigenvalue weighted by Gasteiger charge is -2.31. The monoisotopic (exact) mass is 338 g/mol. The minimum Gasteiger partial charge on any atom is -0.316 e. The van der Waals surface area contributed by atoms with Crippen LogP contribution < -0.4 is 5.32 Å². The summed E-state index contributed by atoms with van der Waals surface area (Å²) in [7, 11) is -1.45. The molecular formula is C10H15BrN2O2S2. The molecule has 1 fully saturated rings. The topological polar surface area (TPSA) is 49.4 Å². The number of nitrogens with zero attached hydrogens (tertiary/aromatic N) is 1. The van der Waals surface area contributed by atoms with Crippen molar-refractivity contribution in [2.45, 2.75) is 23.1 Å². The Bertz CT molecular complexity index is 486. The number of hydrogen-bond acceptors (Lipinski definition) is 4. The Labute approximate surface area is 114 Å². The summed E-state index contributed by atoms with van der Waals surface area (Å²) in [5.74, 6) is 0. The van der Waals surface area contributed by atoms with Crippen LogP contribution in [0.2, 0.25) is 0 Å². The standard InChI is InChI=1S/C10H15BrN2O2S2/c1-12-8-3-2-5-13(7-8)17(14,15)10-9(11)4-6-16-10/h4,6,8,12H,2-3,5,7H2,1H3. The van der Waals surface area contributed by atoms with E-state index in [1.165, 1.54) is 11.3 Å². The number of hydrogen-bond donors (Lipinski definition) is 1. The summed E-state index contributed by atoms with van der Waals surface area (Å²) < 4.78 is 27.5. The highest BCUT2D eigenvalue weighted by molar-refractivity contribution is 9.10. The molecule has 1 aliphatic rings. The molecule has 0 radical (unpaired) electrons. The van der Waals surface area contributed by atoms with Crippen LogP contribution in [0.1, 0.15) is 12.8 Å². The third-order valence-electron chi connectivity index (χ3n) is 2.95. The van der Waals surface area contributed by atoms with Crippen LogP contribution in [0.3, 0.4) is 0 Å². The second kappa shape index (κ2) is 5.36. The highest BCUT2D eigenvalue weighted by Crippen LogP contribution is 2.31. The van der Waals surface area contributed by atoms with Gasteiger partial charge in [0.1, 0.15) is 4.21 Å².